The predicted molar refractivity (Wildman–Crippen MR) is 148 cm³/mol. The van der Waals surface area contributed by atoms with Crippen LogP contribution in [-0.2, 0) is 27.4 Å². The van der Waals surface area contributed by atoms with E-state index < -0.39 is 32.9 Å². The SMILES string of the molecule is CCS(=O)(=O)Cc1ccc(C(=O)c2ccncc2Cl)c(-c2cn(C)c(=O)cc2N(C)C(=O)OC(C)(C)C)c1. The zero-order chi connectivity index (χ0) is 28.4. The third kappa shape index (κ3) is 6.68. The number of aromatic nitrogens is 2. The Morgan fingerprint density at radius 2 is 1.79 bits per heavy atom. The number of benzene rings is 1. The minimum atomic E-state index is -3.39. The molecule has 0 saturated carbocycles. The van der Waals surface area contributed by atoms with Crippen molar-refractivity contribution in [2.75, 3.05) is 17.7 Å². The Hall–Kier alpha value is -3.50. The number of aryl methyl sites for hydroxylation is 1. The molecular formula is C27H30ClN3O6S. The molecular weight excluding hydrogens is 530 g/mol. The monoisotopic (exact) mass is 559 g/mol. The number of sulfone groups is 1. The fraction of sp³-hybridized carbons (Fsp3) is 0.333. The highest BCUT2D eigenvalue weighted by Gasteiger charge is 2.26. The van der Waals surface area contributed by atoms with Gasteiger partial charge in [0.25, 0.3) is 5.56 Å². The molecule has 3 aromatic rings. The normalized spacial score (nSPS) is 11.8. The molecule has 0 saturated heterocycles. The highest BCUT2D eigenvalue weighted by molar-refractivity contribution is 7.90. The van der Waals surface area contributed by atoms with E-state index in [4.69, 9.17) is 16.3 Å². The third-order valence-corrected chi connectivity index (χ3v) is 7.65. The van der Waals surface area contributed by atoms with Gasteiger partial charge in [-0.1, -0.05) is 30.7 Å². The number of halogens is 1. The zero-order valence-electron chi connectivity index (χ0n) is 22.1. The smallest absolute Gasteiger partial charge is 0.414 e. The van der Waals surface area contributed by atoms with Crippen molar-refractivity contribution in [1.29, 1.82) is 0 Å². The highest BCUT2D eigenvalue weighted by atomic mass is 35.5. The van der Waals surface area contributed by atoms with Gasteiger partial charge in [0.2, 0.25) is 0 Å². The number of amides is 1. The Morgan fingerprint density at radius 1 is 1.11 bits per heavy atom. The summed E-state index contributed by atoms with van der Waals surface area (Å²) in [4.78, 5) is 44.3. The van der Waals surface area contributed by atoms with Gasteiger partial charge >= 0.3 is 6.09 Å². The first kappa shape index (κ1) is 29.1. The van der Waals surface area contributed by atoms with E-state index >= 15 is 0 Å². The first-order valence-corrected chi connectivity index (χ1v) is 14.0. The maximum Gasteiger partial charge on any atom is 0.414 e. The summed E-state index contributed by atoms with van der Waals surface area (Å²) < 4.78 is 31.6. The van der Waals surface area contributed by atoms with Crippen molar-refractivity contribution in [2.45, 2.75) is 39.0 Å². The van der Waals surface area contributed by atoms with Gasteiger partial charge < -0.3 is 9.30 Å². The van der Waals surface area contributed by atoms with Crippen LogP contribution in [0, 0.1) is 0 Å². The van der Waals surface area contributed by atoms with Crippen LogP contribution in [0.5, 0.6) is 0 Å². The van der Waals surface area contributed by atoms with Gasteiger partial charge in [-0.25, -0.2) is 13.2 Å². The predicted octanol–water partition coefficient (Wildman–Crippen LogP) is 4.64. The number of ketones is 1. The minimum Gasteiger partial charge on any atom is -0.443 e. The van der Waals surface area contributed by atoms with E-state index in [1.54, 1.807) is 39.8 Å². The molecule has 0 N–H and O–H groups in total. The largest absolute Gasteiger partial charge is 0.443 e. The van der Waals surface area contributed by atoms with E-state index in [9.17, 15) is 22.8 Å². The summed E-state index contributed by atoms with van der Waals surface area (Å²) in [6.45, 7) is 6.71. The first-order valence-electron chi connectivity index (χ1n) is 11.8. The fourth-order valence-electron chi connectivity index (χ4n) is 3.70. The second kappa shape index (κ2) is 11.1. The molecule has 2 heterocycles. The first-order chi connectivity index (χ1) is 17.6. The Kier molecular flexibility index (Phi) is 8.48. The lowest BCUT2D eigenvalue weighted by Crippen LogP contribution is -2.35. The molecule has 0 fully saturated rings. The van der Waals surface area contributed by atoms with Crippen LogP contribution in [0.1, 0.15) is 49.2 Å². The lowest BCUT2D eigenvalue weighted by molar-refractivity contribution is 0.0589. The summed E-state index contributed by atoms with van der Waals surface area (Å²) in [6.07, 6.45) is 3.58. The van der Waals surface area contributed by atoms with Crippen molar-refractivity contribution in [3.8, 4) is 11.1 Å². The van der Waals surface area contributed by atoms with Gasteiger partial charge in [0.1, 0.15) is 5.60 Å². The van der Waals surface area contributed by atoms with Crippen LogP contribution in [-0.4, -0.2) is 48.2 Å². The highest BCUT2D eigenvalue weighted by Crippen LogP contribution is 2.35. The fourth-order valence-corrected chi connectivity index (χ4v) is 4.79. The van der Waals surface area contributed by atoms with Crippen LogP contribution >= 0.6 is 11.6 Å². The average molecular weight is 560 g/mol. The van der Waals surface area contributed by atoms with Gasteiger partial charge in [0.05, 0.1) is 16.5 Å². The molecule has 1 aromatic carbocycles. The molecule has 0 radical (unpaired) electrons. The van der Waals surface area contributed by atoms with E-state index in [-0.39, 0.29) is 33.3 Å². The summed E-state index contributed by atoms with van der Waals surface area (Å²) in [5, 5.41) is 0.146. The molecule has 11 heteroatoms. The number of hydrogen-bond donors (Lipinski definition) is 0. The summed E-state index contributed by atoms with van der Waals surface area (Å²) >= 11 is 6.26. The lowest BCUT2D eigenvalue weighted by atomic mass is 9.92. The number of carbonyl (C=O) groups excluding carboxylic acids is 2. The van der Waals surface area contributed by atoms with Crippen LogP contribution in [0.3, 0.4) is 0 Å². The Bertz CT molecular complexity index is 1560. The average Bonchev–Trinajstić information content (AvgIpc) is 2.83. The number of rotatable bonds is 7. The van der Waals surface area contributed by atoms with Crippen molar-refractivity contribution >= 4 is 39.0 Å². The van der Waals surface area contributed by atoms with E-state index in [2.05, 4.69) is 4.98 Å². The van der Waals surface area contributed by atoms with E-state index in [1.807, 2.05) is 0 Å². The molecule has 2 aromatic heterocycles. The molecule has 0 aliphatic carbocycles. The molecule has 0 bridgehead atoms. The van der Waals surface area contributed by atoms with Gasteiger partial charge in [0.15, 0.2) is 15.6 Å². The number of nitrogens with zero attached hydrogens (tertiary/aromatic N) is 3. The van der Waals surface area contributed by atoms with Gasteiger partial charge in [-0.2, -0.15) is 0 Å². The van der Waals surface area contributed by atoms with Gasteiger partial charge in [-0.3, -0.25) is 19.5 Å². The molecule has 3 rings (SSSR count). The van der Waals surface area contributed by atoms with E-state index in [0.29, 0.717) is 16.7 Å². The Labute approximate surface area is 226 Å². The number of anilines is 1. The summed E-state index contributed by atoms with van der Waals surface area (Å²) in [6, 6.07) is 7.43. The topological polar surface area (TPSA) is 116 Å². The minimum absolute atomic E-state index is 0.0535. The lowest BCUT2D eigenvalue weighted by Gasteiger charge is -2.26. The molecule has 1 amide bonds. The molecule has 0 aliphatic heterocycles. The molecule has 0 spiro atoms. The van der Waals surface area contributed by atoms with Crippen LogP contribution in [0.25, 0.3) is 11.1 Å². The van der Waals surface area contributed by atoms with Crippen molar-refractivity contribution in [1.82, 2.24) is 9.55 Å². The van der Waals surface area contributed by atoms with Gasteiger partial charge in [-0.05, 0) is 44.0 Å². The Morgan fingerprint density at radius 3 is 2.39 bits per heavy atom. The van der Waals surface area contributed by atoms with Crippen LogP contribution < -0.4 is 10.5 Å². The summed E-state index contributed by atoms with van der Waals surface area (Å²) in [5.41, 5.74) is 0.522. The maximum absolute atomic E-state index is 13.7. The molecule has 9 nitrogen and oxygen atoms in total. The standard InChI is InChI=1S/C27H30ClN3O6S/c1-7-38(35,36)16-17-8-9-18(25(33)19-10-11-29-14-22(19)28)20(12-17)21-15-30(5)24(32)13-23(21)31(6)26(34)37-27(2,3)4/h8-15H,7,16H2,1-6H3. The molecule has 0 unspecified atom stereocenters. The van der Waals surface area contributed by atoms with Crippen LogP contribution in [0.4, 0.5) is 10.5 Å². The van der Waals surface area contributed by atoms with Crippen LogP contribution in [0.2, 0.25) is 5.02 Å². The van der Waals surface area contributed by atoms with Gasteiger partial charge in [-0.15, -0.1) is 0 Å². The van der Waals surface area contributed by atoms with Crippen LogP contribution in [0.15, 0.2) is 53.7 Å². The molecule has 38 heavy (non-hydrogen) atoms. The van der Waals surface area contributed by atoms with Crippen molar-refractivity contribution in [2.24, 2.45) is 7.05 Å². The quantitative estimate of drug-likeness (QED) is 0.387. The third-order valence-electron chi connectivity index (χ3n) is 5.70. The second-order valence-corrected chi connectivity index (χ2v) is 12.6. The van der Waals surface area contributed by atoms with Crippen molar-refractivity contribution in [3.63, 3.8) is 0 Å². The number of hydrogen-bond acceptors (Lipinski definition) is 7. The summed E-state index contributed by atoms with van der Waals surface area (Å²) in [7, 11) is -0.398. The Balaban J connectivity index is 2.31. The maximum atomic E-state index is 13.7. The number of pyridine rings is 2. The van der Waals surface area contributed by atoms with E-state index in [0.717, 1.165) is 0 Å². The molecule has 0 atom stereocenters. The molecule has 0 aliphatic rings. The van der Waals surface area contributed by atoms with Crippen molar-refractivity contribution in [3.05, 3.63) is 81.0 Å². The summed E-state index contributed by atoms with van der Waals surface area (Å²) in [5.74, 6) is -0.733. The van der Waals surface area contributed by atoms with E-state index in [1.165, 1.54) is 60.4 Å². The molecule has 202 valence electrons. The van der Waals surface area contributed by atoms with Crippen molar-refractivity contribution < 1.29 is 22.7 Å². The number of ether oxygens (including phenoxy) is 1. The zero-order valence-corrected chi connectivity index (χ0v) is 23.7. The van der Waals surface area contributed by atoms with Gasteiger partial charge in [0, 0.05) is 61.2 Å². The number of carbonyl (C=O) groups is 2. The second-order valence-electron chi connectivity index (χ2n) is 9.80.